The van der Waals surface area contributed by atoms with Gasteiger partial charge in [-0.2, -0.15) is 0 Å². The maximum atomic E-state index is 12.8. The highest BCUT2D eigenvalue weighted by Crippen LogP contribution is 2.25. The summed E-state index contributed by atoms with van der Waals surface area (Å²) >= 11 is 0. The van der Waals surface area contributed by atoms with Crippen molar-refractivity contribution < 1.29 is 14.3 Å². The number of nitrogens with one attached hydrogen (secondary N) is 1. The van der Waals surface area contributed by atoms with Crippen molar-refractivity contribution in [2.24, 2.45) is 0 Å². The fraction of sp³-hybridized carbons (Fsp3) is 0.318. The highest BCUT2D eigenvalue weighted by molar-refractivity contribution is 5.96. The zero-order chi connectivity index (χ0) is 19.5. The molecule has 1 aliphatic heterocycles. The van der Waals surface area contributed by atoms with Gasteiger partial charge in [0.15, 0.2) is 11.5 Å². The topological polar surface area (TPSA) is 73.3 Å². The van der Waals surface area contributed by atoms with Gasteiger partial charge in [0.1, 0.15) is 6.61 Å². The SMILES string of the molecule is Cc1cccc(Nc2nc3ccccc3nc2C(=O)OC[C@H]2CCCO2)c1C. The third-order valence-electron chi connectivity index (χ3n) is 5.05. The van der Waals surface area contributed by atoms with Gasteiger partial charge in [-0.05, 0) is 56.0 Å². The van der Waals surface area contributed by atoms with Gasteiger partial charge >= 0.3 is 5.97 Å². The van der Waals surface area contributed by atoms with Gasteiger partial charge in [-0.3, -0.25) is 0 Å². The maximum absolute atomic E-state index is 12.8. The number of aromatic nitrogens is 2. The highest BCUT2D eigenvalue weighted by Gasteiger charge is 2.22. The molecule has 4 rings (SSSR count). The van der Waals surface area contributed by atoms with E-state index in [2.05, 4.69) is 15.3 Å². The van der Waals surface area contributed by atoms with Crippen molar-refractivity contribution in [1.29, 1.82) is 0 Å². The van der Waals surface area contributed by atoms with E-state index in [0.717, 1.165) is 36.3 Å². The van der Waals surface area contributed by atoms with Crippen LogP contribution in [0.1, 0.15) is 34.5 Å². The molecule has 2 aromatic carbocycles. The molecule has 0 spiro atoms. The number of esters is 1. The van der Waals surface area contributed by atoms with E-state index in [-0.39, 0.29) is 18.4 Å². The molecule has 0 radical (unpaired) electrons. The van der Waals surface area contributed by atoms with E-state index in [1.807, 2.05) is 56.3 Å². The van der Waals surface area contributed by atoms with Gasteiger partial charge in [0, 0.05) is 12.3 Å². The number of benzene rings is 2. The third kappa shape index (κ3) is 3.82. The summed E-state index contributed by atoms with van der Waals surface area (Å²) in [6, 6.07) is 13.4. The number of aryl methyl sites for hydroxylation is 1. The van der Waals surface area contributed by atoms with Gasteiger partial charge in [0.2, 0.25) is 0 Å². The molecule has 0 saturated carbocycles. The Bertz CT molecular complexity index is 1010. The molecule has 1 saturated heterocycles. The molecule has 28 heavy (non-hydrogen) atoms. The third-order valence-corrected chi connectivity index (χ3v) is 5.05. The van der Waals surface area contributed by atoms with Gasteiger partial charge in [-0.15, -0.1) is 0 Å². The lowest BCUT2D eigenvalue weighted by Gasteiger charge is -2.15. The van der Waals surface area contributed by atoms with E-state index in [4.69, 9.17) is 9.47 Å². The van der Waals surface area contributed by atoms with Crippen LogP contribution in [0.25, 0.3) is 11.0 Å². The Morgan fingerprint density at radius 2 is 1.93 bits per heavy atom. The number of para-hydroxylation sites is 2. The summed E-state index contributed by atoms with van der Waals surface area (Å²) in [4.78, 5) is 22.0. The number of ether oxygens (including phenoxy) is 2. The smallest absolute Gasteiger partial charge is 0.360 e. The van der Waals surface area contributed by atoms with Gasteiger partial charge in [0.05, 0.1) is 17.1 Å². The molecule has 0 bridgehead atoms. The Kier molecular flexibility index (Phi) is 5.21. The van der Waals surface area contributed by atoms with Crippen molar-refractivity contribution in [3.63, 3.8) is 0 Å². The predicted octanol–water partition coefficient (Wildman–Crippen LogP) is 4.33. The number of carbonyl (C=O) groups is 1. The lowest BCUT2D eigenvalue weighted by Crippen LogP contribution is -2.20. The average molecular weight is 377 g/mol. The Hall–Kier alpha value is -2.99. The zero-order valence-electron chi connectivity index (χ0n) is 16.1. The number of rotatable bonds is 5. The fourth-order valence-electron chi connectivity index (χ4n) is 3.26. The molecule has 144 valence electrons. The lowest BCUT2D eigenvalue weighted by molar-refractivity contribution is 0.0157. The fourth-order valence-corrected chi connectivity index (χ4v) is 3.26. The number of nitrogens with zero attached hydrogens (tertiary/aromatic N) is 2. The van der Waals surface area contributed by atoms with E-state index in [0.29, 0.717) is 16.9 Å². The van der Waals surface area contributed by atoms with Crippen molar-refractivity contribution in [2.45, 2.75) is 32.8 Å². The first-order valence-electron chi connectivity index (χ1n) is 9.50. The van der Waals surface area contributed by atoms with E-state index in [1.54, 1.807) is 0 Å². The van der Waals surface area contributed by atoms with Crippen LogP contribution in [0, 0.1) is 13.8 Å². The minimum absolute atomic E-state index is 0.0345. The molecule has 1 aliphatic rings. The first-order valence-corrected chi connectivity index (χ1v) is 9.50. The number of fused-ring (bicyclic) bond motifs is 1. The van der Waals surface area contributed by atoms with Gasteiger partial charge in [-0.25, -0.2) is 14.8 Å². The molecule has 3 aromatic rings. The Morgan fingerprint density at radius 1 is 1.14 bits per heavy atom. The predicted molar refractivity (Wildman–Crippen MR) is 108 cm³/mol. The Labute approximate surface area is 163 Å². The average Bonchev–Trinajstić information content (AvgIpc) is 3.23. The van der Waals surface area contributed by atoms with Crippen LogP contribution >= 0.6 is 0 Å². The number of hydrogen-bond acceptors (Lipinski definition) is 6. The number of anilines is 2. The normalized spacial score (nSPS) is 16.3. The van der Waals surface area contributed by atoms with Crippen molar-refractivity contribution in [3.05, 3.63) is 59.3 Å². The molecule has 0 aliphatic carbocycles. The first kappa shape index (κ1) is 18.4. The molecular formula is C22H23N3O3. The van der Waals surface area contributed by atoms with E-state index < -0.39 is 5.97 Å². The van der Waals surface area contributed by atoms with E-state index in [1.165, 1.54) is 0 Å². The van der Waals surface area contributed by atoms with Crippen molar-refractivity contribution in [2.75, 3.05) is 18.5 Å². The second-order valence-electron chi connectivity index (χ2n) is 7.02. The van der Waals surface area contributed by atoms with E-state index in [9.17, 15) is 4.79 Å². The number of carbonyl (C=O) groups excluding carboxylic acids is 1. The molecule has 0 amide bonds. The zero-order valence-corrected chi connectivity index (χ0v) is 16.1. The molecule has 1 fully saturated rings. The Morgan fingerprint density at radius 3 is 2.68 bits per heavy atom. The maximum Gasteiger partial charge on any atom is 0.360 e. The molecule has 6 heteroatoms. The molecule has 1 N–H and O–H groups in total. The van der Waals surface area contributed by atoms with Crippen molar-refractivity contribution in [1.82, 2.24) is 9.97 Å². The molecule has 1 aromatic heterocycles. The first-order chi connectivity index (χ1) is 13.6. The summed E-state index contributed by atoms with van der Waals surface area (Å²) in [5.41, 5.74) is 4.68. The van der Waals surface area contributed by atoms with Crippen molar-refractivity contribution in [3.8, 4) is 0 Å². The van der Waals surface area contributed by atoms with E-state index >= 15 is 0 Å². The largest absolute Gasteiger partial charge is 0.458 e. The summed E-state index contributed by atoms with van der Waals surface area (Å²) in [5.74, 6) is -0.105. The summed E-state index contributed by atoms with van der Waals surface area (Å²) in [5, 5.41) is 3.28. The summed E-state index contributed by atoms with van der Waals surface area (Å²) in [7, 11) is 0. The van der Waals surface area contributed by atoms with Crippen LogP contribution in [0.15, 0.2) is 42.5 Å². The molecular weight excluding hydrogens is 354 g/mol. The highest BCUT2D eigenvalue weighted by atomic mass is 16.6. The molecule has 6 nitrogen and oxygen atoms in total. The molecule has 1 atom stereocenters. The van der Waals surface area contributed by atoms with Crippen LogP contribution in [-0.2, 0) is 9.47 Å². The molecule has 2 heterocycles. The minimum atomic E-state index is -0.499. The summed E-state index contributed by atoms with van der Waals surface area (Å²) < 4.78 is 11.0. The minimum Gasteiger partial charge on any atom is -0.458 e. The van der Waals surface area contributed by atoms with Crippen molar-refractivity contribution >= 4 is 28.5 Å². The summed E-state index contributed by atoms with van der Waals surface area (Å²) in [6.45, 7) is 5.03. The van der Waals surface area contributed by atoms with Crippen LogP contribution in [0.2, 0.25) is 0 Å². The monoisotopic (exact) mass is 377 g/mol. The van der Waals surface area contributed by atoms with Gasteiger partial charge in [-0.1, -0.05) is 24.3 Å². The van der Waals surface area contributed by atoms with Crippen LogP contribution in [0.5, 0.6) is 0 Å². The van der Waals surface area contributed by atoms with Crippen LogP contribution in [0.4, 0.5) is 11.5 Å². The summed E-state index contributed by atoms with van der Waals surface area (Å²) in [6.07, 6.45) is 1.87. The number of hydrogen-bond donors (Lipinski definition) is 1. The van der Waals surface area contributed by atoms with Crippen LogP contribution < -0.4 is 5.32 Å². The molecule has 0 unspecified atom stereocenters. The second-order valence-corrected chi connectivity index (χ2v) is 7.02. The standard InChI is InChI=1S/C22H23N3O3/c1-14-7-5-11-17(15(14)2)24-21-20(22(26)28-13-16-8-6-12-27-16)23-18-9-3-4-10-19(18)25-21/h3-5,7,9-11,16H,6,8,12-13H2,1-2H3,(H,24,25)/t16-/m1/s1. The quantitative estimate of drug-likeness (QED) is 0.667. The Balaban J connectivity index is 1.67. The second kappa shape index (κ2) is 7.94. The van der Waals surface area contributed by atoms with Crippen LogP contribution in [-0.4, -0.2) is 35.3 Å². The van der Waals surface area contributed by atoms with Gasteiger partial charge in [0.25, 0.3) is 0 Å². The lowest BCUT2D eigenvalue weighted by atomic mass is 10.1. The van der Waals surface area contributed by atoms with Crippen LogP contribution in [0.3, 0.4) is 0 Å². The van der Waals surface area contributed by atoms with Gasteiger partial charge < -0.3 is 14.8 Å².